The molecule has 7 aromatic rings. The van der Waals surface area contributed by atoms with Gasteiger partial charge >= 0.3 is 0 Å². The number of fused-ring (bicyclic) bond motifs is 4. The molecule has 0 saturated heterocycles. The maximum absolute atomic E-state index is 12.4. The predicted octanol–water partition coefficient (Wildman–Crippen LogP) is 16.0. The summed E-state index contributed by atoms with van der Waals surface area (Å²) in [6.07, 6.45) is 0. The second kappa shape index (κ2) is 35.4. The van der Waals surface area contributed by atoms with Gasteiger partial charge in [0.1, 0.15) is 0 Å². The van der Waals surface area contributed by atoms with Crippen LogP contribution in [0, 0.1) is 0 Å². The lowest BCUT2D eigenvalue weighted by atomic mass is 9.93. The Bertz CT molecular complexity index is 3200. The molecule has 1 N–H and O–H groups in total. The molecule has 0 unspecified atom stereocenters. The molecule has 458 valence electrons. The van der Waals surface area contributed by atoms with Crippen molar-refractivity contribution in [2.24, 2.45) is 0 Å². The normalized spacial score (nSPS) is 12.8. The van der Waals surface area contributed by atoms with Gasteiger partial charge in [0, 0.05) is 52.3 Å². The summed E-state index contributed by atoms with van der Waals surface area (Å²) < 4.78 is 0. The molecule has 14 heteroatoms. The van der Waals surface area contributed by atoms with Crippen LogP contribution in [-0.4, -0.2) is 103 Å². The van der Waals surface area contributed by atoms with E-state index < -0.39 is 0 Å². The SMILES string of the molecule is CC.CC.CC.CC.CC.CC(C)N1C(=O)c2cc3ccccc3cc2C1=O.CC(C)N1C(=O)c2cccc3cccc(c23)C1=O.CC(C)N1C(=O)c2ccccc2C1=O.CC(C)N1C(=O)c2ccccc2C1=O.CC(C)NC(=O)c1ccccc1. The monoisotopic (exact) mass is 1170 g/mol. The van der Waals surface area contributed by atoms with Gasteiger partial charge in [0.25, 0.3) is 53.2 Å². The summed E-state index contributed by atoms with van der Waals surface area (Å²) in [4.78, 5) is 113. The molecule has 9 amide bonds. The summed E-state index contributed by atoms with van der Waals surface area (Å²) in [7, 11) is 0. The van der Waals surface area contributed by atoms with E-state index in [1.165, 1.54) is 19.6 Å². The molecule has 4 aliphatic rings. The van der Waals surface area contributed by atoms with Crippen LogP contribution in [0.15, 0.2) is 152 Å². The number of nitrogens with one attached hydrogen (secondary N) is 1. The highest BCUT2D eigenvalue weighted by molar-refractivity contribution is 6.26. The molecule has 14 nitrogen and oxygen atoms in total. The molecule has 0 spiro atoms. The first-order valence-electron chi connectivity index (χ1n) is 30.3. The molecule has 0 aromatic heterocycles. The first-order chi connectivity index (χ1) is 41.2. The molecule has 0 atom stereocenters. The van der Waals surface area contributed by atoms with Gasteiger partial charge in [-0.05, 0) is 146 Å². The Morgan fingerprint density at radius 2 is 0.523 bits per heavy atom. The largest absolute Gasteiger partial charge is 0.350 e. The molecule has 4 aliphatic heterocycles. The molecule has 0 aliphatic carbocycles. The van der Waals surface area contributed by atoms with Crippen molar-refractivity contribution in [1.29, 1.82) is 0 Å². The molecule has 4 heterocycles. The minimum absolute atomic E-state index is 0.00870. The topological polar surface area (TPSA) is 179 Å². The summed E-state index contributed by atoms with van der Waals surface area (Å²) >= 11 is 0. The number of hydrogen-bond acceptors (Lipinski definition) is 9. The zero-order valence-corrected chi connectivity index (χ0v) is 54.3. The van der Waals surface area contributed by atoms with Crippen molar-refractivity contribution in [2.45, 2.75) is 169 Å². The summed E-state index contributed by atoms with van der Waals surface area (Å²) in [6.45, 7) is 38.6. The standard InChI is InChI=1S/2C15H13NO2.2C11H11NO2.C10H13NO.5C2H6/c1-9(2)16-14(17)11-7-3-5-10-6-4-8-12(13(10)11)15(16)18;1-9(2)16-14(17)12-7-10-5-3-4-6-11(10)8-13(12)15(16)18;2*1-7(2)12-10(13)8-5-3-4-6-9(8)11(12)14;1-8(2)11-10(12)9-6-4-3-5-7-9;5*1-2/h2*3-9H,1-2H3;2*3-7H,1-2H3;3-8H,1-2H3,(H,11,12);5*1-2H3. The van der Waals surface area contributed by atoms with Gasteiger partial charge in [0.05, 0.1) is 33.4 Å². The lowest BCUT2D eigenvalue weighted by Gasteiger charge is -2.30. The van der Waals surface area contributed by atoms with E-state index in [1.807, 2.05) is 217 Å². The number of imide groups is 4. The molecule has 0 saturated carbocycles. The van der Waals surface area contributed by atoms with E-state index in [0.29, 0.717) is 50.1 Å². The number of nitrogens with zero attached hydrogens (tertiary/aromatic N) is 4. The summed E-state index contributed by atoms with van der Waals surface area (Å²) in [6, 6.07) is 45.4. The van der Waals surface area contributed by atoms with Crippen LogP contribution < -0.4 is 5.32 Å². The number of rotatable bonds is 6. The number of benzene rings is 7. The van der Waals surface area contributed by atoms with Crippen LogP contribution >= 0.6 is 0 Å². The lowest BCUT2D eigenvalue weighted by Crippen LogP contribution is -2.44. The summed E-state index contributed by atoms with van der Waals surface area (Å²) in [5.74, 6) is -1.49. The van der Waals surface area contributed by atoms with Crippen molar-refractivity contribution in [2.75, 3.05) is 0 Å². The zero-order chi connectivity index (χ0) is 65.3. The second-order valence-electron chi connectivity index (χ2n) is 19.8. The third-order valence-electron chi connectivity index (χ3n) is 12.8. The average molecular weight is 1170 g/mol. The number of carbonyl (C=O) groups is 9. The third-order valence-corrected chi connectivity index (χ3v) is 12.8. The van der Waals surface area contributed by atoms with Gasteiger partial charge in [-0.2, -0.15) is 0 Å². The Kier molecular flexibility index (Phi) is 30.1. The van der Waals surface area contributed by atoms with Gasteiger partial charge < -0.3 is 5.32 Å². The fourth-order valence-electron chi connectivity index (χ4n) is 9.22. The van der Waals surface area contributed by atoms with Crippen LogP contribution in [0.3, 0.4) is 0 Å². The third kappa shape index (κ3) is 16.9. The van der Waals surface area contributed by atoms with Gasteiger partial charge in [-0.1, -0.05) is 160 Å². The van der Waals surface area contributed by atoms with E-state index in [1.54, 1.807) is 72.8 Å². The van der Waals surface area contributed by atoms with Crippen molar-refractivity contribution in [3.05, 3.63) is 202 Å². The van der Waals surface area contributed by atoms with Crippen LogP contribution in [0.2, 0.25) is 0 Å². The summed E-state index contributed by atoms with van der Waals surface area (Å²) in [5.41, 5.74) is 5.08. The highest BCUT2D eigenvalue weighted by atomic mass is 16.2. The Labute approximate surface area is 511 Å². The van der Waals surface area contributed by atoms with Crippen molar-refractivity contribution in [1.82, 2.24) is 24.9 Å². The minimum atomic E-state index is -0.195. The molecule has 0 fully saturated rings. The zero-order valence-electron chi connectivity index (χ0n) is 54.3. The smallest absolute Gasteiger partial charge is 0.261 e. The first kappa shape index (κ1) is 73.2. The van der Waals surface area contributed by atoms with Gasteiger partial charge in [0.2, 0.25) is 0 Å². The minimum Gasteiger partial charge on any atom is -0.350 e. The van der Waals surface area contributed by atoms with Crippen LogP contribution in [0.5, 0.6) is 0 Å². The van der Waals surface area contributed by atoms with Crippen molar-refractivity contribution < 1.29 is 43.2 Å². The van der Waals surface area contributed by atoms with Crippen LogP contribution in [0.25, 0.3) is 21.5 Å². The molecule has 86 heavy (non-hydrogen) atoms. The quantitative estimate of drug-likeness (QED) is 0.159. The fraction of sp³-hybridized carbons (Fsp3) is 0.347. The second-order valence-corrected chi connectivity index (χ2v) is 19.8. The molecular formula is C72H91N5O9. The number of hydrogen-bond donors (Lipinski definition) is 1. The average Bonchev–Trinajstić information content (AvgIpc) is 1.18. The first-order valence-corrected chi connectivity index (χ1v) is 30.3. The van der Waals surface area contributed by atoms with Crippen LogP contribution in [0.1, 0.15) is 232 Å². The van der Waals surface area contributed by atoms with Crippen LogP contribution in [-0.2, 0) is 0 Å². The molecule has 0 radical (unpaired) electrons. The Morgan fingerprint density at radius 3 is 0.802 bits per heavy atom. The van der Waals surface area contributed by atoms with Gasteiger partial charge in [-0.3, -0.25) is 62.8 Å². The number of amides is 9. The lowest BCUT2D eigenvalue weighted by molar-refractivity contribution is 0.0554. The molecule has 7 aromatic carbocycles. The Hall–Kier alpha value is -8.91. The maximum atomic E-state index is 12.4. The van der Waals surface area contributed by atoms with E-state index in [9.17, 15) is 43.2 Å². The fourth-order valence-corrected chi connectivity index (χ4v) is 9.22. The van der Waals surface area contributed by atoms with Crippen molar-refractivity contribution in [3.63, 3.8) is 0 Å². The highest BCUT2D eigenvalue weighted by Gasteiger charge is 2.39. The predicted molar refractivity (Wildman–Crippen MR) is 349 cm³/mol. The molecule has 11 rings (SSSR count). The molecule has 0 bridgehead atoms. The van der Waals surface area contributed by atoms with E-state index in [2.05, 4.69) is 5.32 Å². The molecular weight excluding hydrogens is 1080 g/mol. The van der Waals surface area contributed by atoms with E-state index in [-0.39, 0.29) is 83.4 Å². The van der Waals surface area contributed by atoms with Gasteiger partial charge in [0.15, 0.2) is 0 Å². The van der Waals surface area contributed by atoms with Crippen LogP contribution in [0.4, 0.5) is 0 Å². The Balaban J connectivity index is 0.000000356. The number of carbonyl (C=O) groups excluding carboxylic acids is 9. The Morgan fingerprint density at radius 1 is 0.291 bits per heavy atom. The van der Waals surface area contributed by atoms with E-state index >= 15 is 0 Å². The van der Waals surface area contributed by atoms with Gasteiger partial charge in [-0.25, -0.2) is 0 Å². The van der Waals surface area contributed by atoms with E-state index in [4.69, 9.17) is 0 Å². The van der Waals surface area contributed by atoms with Crippen molar-refractivity contribution >= 4 is 74.7 Å². The highest BCUT2D eigenvalue weighted by Crippen LogP contribution is 2.32. The summed E-state index contributed by atoms with van der Waals surface area (Å²) in [5, 5.41) is 6.52. The van der Waals surface area contributed by atoms with Gasteiger partial charge in [-0.15, -0.1) is 0 Å². The van der Waals surface area contributed by atoms with E-state index in [0.717, 1.165) is 21.5 Å². The van der Waals surface area contributed by atoms with Crippen molar-refractivity contribution in [3.8, 4) is 0 Å². The maximum Gasteiger partial charge on any atom is 0.261 e.